The van der Waals surface area contributed by atoms with Crippen LogP contribution in [0.5, 0.6) is 5.75 Å². The fourth-order valence-corrected chi connectivity index (χ4v) is 7.55. The van der Waals surface area contributed by atoms with Gasteiger partial charge < -0.3 is 29.7 Å². The maximum absolute atomic E-state index is 13.9. The summed E-state index contributed by atoms with van der Waals surface area (Å²) in [5, 5.41) is 22.3. The Balaban J connectivity index is 1.15. The van der Waals surface area contributed by atoms with Gasteiger partial charge in [-0.2, -0.15) is 10.2 Å². The number of rotatable bonds is 6. The lowest BCUT2D eigenvalue weighted by atomic mass is 9.72. The first kappa shape index (κ1) is 32.7. The van der Waals surface area contributed by atoms with Gasteiger partial charge in [0.15, 0.2) is 0 Å². The molecule has 0 radical (unpaired) electrons. The normalized spacial score (nSPS) is 20.9. The third kappa shape index (κ3) is 7.22. The maximum atomic E-state index is 13.9. The van der Waals surface area contributed by atoms with Gasteiger partial charge in [0, 0.05) is 56.3 Å². The predicted octanol–water partition coefficient (Wildman–Crippen LogP) is 5.70. The SMILES string of the molecule is CC(C)(C)OC(=O)N1CCC(C(=O)NCC2(c3ccccc3)CCN(c3cnnc(-c4ccccc4O)c3)CC2)CC12CCOCC2. The average Bonchev–Trinajstić information content (AvgIpc) is 3.07. The molecule has 3 fully saturated rings. The second kappa shape index (κ2) is 13.5. The lowest BCUT2D eigenvalue weighted by Crippen LogP contribution is -2.61. The van der Waals surface area contributed by atoms with Gasteiger partial charge in [-0.3, -0.25) is 4.79 Å². The predicted molar refractivity (Wildman–Crippen MR) is 180 cm³/mol. The molecular formula is C37H47N5O5. The van der Waals surface area contributed by atoms with Crippen LogP contribution in [0.3, 0.4) is 0 Å². The van der Waals surface area contributed by atoms with E-state index in [2.05, 4.69) is 44.7 Å². The molecular weight excluding hydrogens is 594 g/mol. The first-order valence-electron chi connectivity index (χ1n) is 16.9. The van der Waals surface area contributed by atoms with E-state index in [4.69, 9.17) is 9.47 Å². The quantitative estimate of drug-likeness (QED) is 0.352. The zero-order valence-corrected chi connectivity index (χ0v) is 27.8. The highest BCUT2D eigenvalue weighted by Crippen LogP contribution is 2.41. The zero-order chi connectivity index (χ0) is 33.1. The largest absolute Gasteiger partial charge is 0.507 e. The van der Waals surface area contributed by atoms with E-state index in [9.17, 15) is 14.7 Å². The second-order valence-electron chi connectivity index (χ2n) is 14.3. The fourth-order valence-electron chi connectivity index (χ4n) is 7.55. The minimum Gasteiger partial charge on any atom is -0.507 e. The van der Waals surface area contributed by atoms with E-state index >= 15 is 0 Å². The van der Waals surface area contributed by atoms with Crippen LogP contribution in [0, 0.1) is 5.92 Å². The number of hydrogen-bond acceptors (Lipinski definition) is 8. The van der Waals surface area contributed by atoms with Crippen molar-refractivity contribution in [1.29, 1.82) is 0 Å². The molecule has 6 rings (SSSR count). The number of anilines is 1. The van der Waals surface area contributed by atoms with Crippen LogP contribution in [0.15, 0.2) is 66.9 Å². The van der Waals surface area contributed by atoms with Crippen LogP contribution >= 0.6 is 0 Å². The van der Waals surface area contributed by atoms with Crippen LogP contribution < -0.4 is 10.2 Å². The fraction of sp³-hybridized carbons (Fsp3) is 0.514. The second-order valence-corrected chi connectivity index (χ2v) is 14.3. The van der Waals surface area contributed by atoms with Crippen LogP contribution in [0.2, 0.25) is 0 Å². The Hall–Kier alpha value is -4.18. The minimum atomic E-state index is -0.583. The van der Waals surface area contributed by atoms with Crippen LogP contribution in [-0.4, -0.2) is 82.7 Å². The lowest BCUT2D eigenvalue weighted by molar-refractivity contribution is -0.131. The van der Waals surface area contributed by atoms with Gasteiger partial charge >= 0.3 is 6.09 Å². The van der Waals surface area contributed by atoms with Crippen LogP contribution in [0.1, 0.15) is 64.9 Å². The van der Waals surface area contributed by atoms with E-state index in [1.807, 2.05) is 49.9 Å². The van der Waals surface area contributed by atoms with Gasteiger partial charge in [0.05, 0.1) is 23.1 Å². The first-order valence-corrected chi connectivity index (χ1v) is 16.9. The topological polar surface area (TPSA) is 117 Å². The summed E-state index contributed by atoms with van der Waals surface area (Å²) in [7, 11) is 0. The monoisotopic (exact) mass is 641 g/mol. The highest BCUT2D eigenvalue weighted by Gasteiger charge is 2.49. The molecule has 0 bridgehead atoms. The van der Waals surface area contributed by atoms with E-state index in [0.717, 1.165) is 31.6 Å². The van der Waals surface area contributed by atoms with Crippen molar-refractivity contribution in [2.24, 2.45) is 5.92 Å². The number of aromatic hydroxyl groups is 1. The molecule has 3 saturated heterocycles. The molecule has 47 heavy (non-hydrogen) atoms. The van der Waals surface area contributed by atoms with Crippen molar-refractivity contribution in [3.63, 3.8) is 0 Å². The Morgan fingerprint density at radius 3 is 2.40 bits per heavy atom. The molecule has 0 saturated carbocycles. The van der Waals surface area contributed by atoms with E-state index in [-0.39, 0.29) is 29.1 Å². The summed E-state index contributed by atoms with van der Waals surface area (Å²) in [5.41, 5.74) is 2.23. The van der Waals surface area contributed by atoms with Crippen LogP contribution in [0.25, 0.3) is 11.3 Å². The first-order chi connectivity index (χ1) is 22.6. The van der Waals surface area contributed by atoms with E-state index in [0.29, 0.717) is 63.2 Å². The van der Waals surface area contributed by atoms with E-state index in [1.54, 1.807) is 18.3 Å². The number of hydrogen-bond donors (Lipinski definition) is 2. The van der Waals surface area contributed by atoms with Gasteiger partial charge in [0.2, 0.25) is 5.91 Å². The van der Waals surface area contributed by atoms with Crippen LogP contribution in [0.4, 0.5) is 10.5 Å². The number of phenols is 1. The number of amides is 2. The molecule has 3 aliphatic rings. The van der Waals surface area contributed by atoms with Gasteiger partial charge in [0.25, 0.3) is 0 Å². The maximum Gasteiger partial charge on any atom is 0.410 e. The number of carbonyl (C=O) groups excluding carboxylic acids is 2. The van der Waals surface area contributed by atoms with Crippen molar-refractivity contribution in [3.8, 4) is 17.0 Å². The Labute approximate surface area is 277 Å². The standard InChI is InChI=1S/C37H47N5O5/c1-35(2,3)47-34(45)42-18-13-27(24-37(42)16-21-46-22-17-37)33(44)38-26-36(28-9-5-4-6-10-28)14-19-41(20-15-36)29-23-31(40-39-25-29)30-11-7-8-12-32(30)43/h4-12,23,25,27,43H,13-22,24,26H2,1-3H3,(H,38,44). The Morgan fingerprint density at radius 1 is 1.00 bits per heavy atom. The smallest absolute Gasteiger partial charge is 0.410 e. The molecule has 3 aromatic rings. The summed E-state index contributed by atoms with van der Waals surface area (Å²) in [6.45, 7) is 9.41. The molecule has 10 nitrogen and oxygen atoms in total. The van der Waals surface area contributed by atoms with Gasteiger partial charge in [-0.15, -0.1) is 0 Å². The lowest BCUT2D eigenvalue weighted by Gasteiger charge is -2.51. The molecule has 2 aromatic carbocycles. The summed E-state index contributed by atoms with van der Waals surface area (Å²) in [6.07, 6.45) is 5.80. The Morgan fingerprint density at radius 2 is 1.70 bits per heavy atom. The van der Waals surface area contributed by atoms with E-state index < -0.39 is 11.1 Å². The van der Waals surface area contributed by atoms with Crippen LogP contribution in [-0.2, 0) is 19.7 Å². The highest BCUT2D eigenvalue weighted by molar-refractivity contribution is 5.80. The number of piperidine rings is 2. The number of phenolic OH excluding ortho intramolecular Hbond substituents is 1. The van der Waals surface area contributed by atoms with Crippen molar-refractivity contribution in [3.05, 3.63) is 72.4 Å². The molecule has 1 unspecified atom stereocenters. The molecule has 10 heteroatoms. The molecule has 3 aliphatic heterocycles. The number of ether oxygens (including phenoxy) is 2. The third-order valence-electron chi connectivity index (χ3n) is 10.2. The number of likely N-dealkylation sites (tertiary alicyclic amines) is 1. The molecule has 4 heterocycles. The van der Waals surface area contributed by atoms with Crippen molar-refractivity contribution in [1.82, 2.24) is 20.4 Å². The summed E-state index contributed by atoms with van der Waals surface area (Å²) in [5.74, 6) is 0.0492. The summed E-state index contributed by atoms with van der Waals surface area (Å²) in [6, 6.07) is 19.6. The summed E-state index contributed by atoms with van der Waals surface area (Å²) < 4.78 is 11.5. The molecule has 2 N–H and O–H groups in total. The molecule has 1 aromatic heterocycles. The number of para-hydroxylation sites is 1. The summed E-state index contributed by atoms with van der Waals surface area (Å²) >= 11 is 0. The Bertz CT molecular complexity index is 1540. The summed E-state index contributed by atoms with van der Waals surface area (Å²) in [4.78, 5) is 31.4. The number of nitrogens with one attached hydrogen (secondary N) is 1. The van der Waals surface area contributed by atoms with E-state index in [1.165, 1.54) is 5.56 Å². The third-order valence-corrected chi connectivity index (χ3v) is 10.2. The molecule has 250 valence electrons. The van der Waals surface area contributed by atoms with Crippen molar-refractivity contribution in [2.45, 2.75) is 75.9 Å². The average molecular weight is 642 g/mol. The molecule has 1 atom stereocenters. The minimum absolute atomic E-state index is 0.0584. The molecule has 0 aliphatic carbocycles. The number of aromatic nitrogens is 2. The number of carbonyl (C=O) groups is 2. The zero-order valence-electron chi connectivity index (χ0n) is 27.8. The molecule has 2 amide bonds. The van der Waals surface area contributed by atoms with Gasteiger partial charge in [-0.25, -0.2) is 4.79 Å². The molecule has 1 spiro atoms. The highest BCUT2D eigenvalue weighted by atomic mass is 16.6. The van der Waals surface area contributed by atoms with Gasteiger partial charge in [0.1, 0.15) is 11.4 Å². The van der Waals surface area contributed by atoms with Gasteiger partial charge in [-0.05, 0) is 83.1 Å². The van der Waals surface area contributed by atoms with Crippen molar-refractivity contribution < 1.29 is 24.2 Å². The van der Waals surface area contributed by atoms with Gasteiger partial charge in [-0.1, -0.05) is 42.5 Å². The number of nitrogens with zero attached hydrogens (tertiary/aromatic N) is 4. The number of benzene rings is 2. The van der Waals surface area contributed by atoms with Crippen molar-refractivity contribution >= 4 is 17.7 Å². The van der Waals surface area contributed by atoms with Crippen molar-refractivity contribution in [2.75, 3.05) is 44.3 Å². The Kier molecular flexibility index (Phi) is 9.41.